The zero-order valence-corrected chi connectivity index (χ0v) is 9.33. The lowest BCUT2D eigenvalue weighted by atomic mass is 10.3. The minimum absolute atomic E-state index is 0.134. The maximum atomic E-state index is 11.9. The molecule has 82 valence electrons. The van der Waals surface area contributed by atoms with E-state index in [9.17, 15) is 8.42 Å². The fourth-order valence-electron chi connectivity index (χ4n) is 1.89. The number of rotatable bonds is 3. The molecule has 0 aromatic heterocycles. The van der Waals surface area contributed by atoms with Gasteiger partial charge in [0.15, 0.2) is 9.84 Å². The van der Waals surface area contributed by atoms with Gasteiger partial charge in [-0.05, 0) is 31.5 Å². The van der Waals surface area contributed by atoms with Gasteiger partial charge in [-0.2, -0.15) is 0 Å². The summed E-state index contributed by atoms with van der Waals surface area (Å²) in [6.45, 7) is 0.939. The van der Waals surface area contributed by atoms with Crippen molar-refractivity contribution in [2.24, 2.45) is 0 Å². The Morgan fingerprint density at radius 2 is 2.00 bits per heavy atom. The molecule has 0 spiro atoms. The first-order valence-corrected chi connectivity index (χ1v) is 6.85. The van der Waals surface area contributed by atoms with Gasteiger partial charge in [0.1, 0.15) is 0 Å². The Hall–Kier alpha value is -0.870. The first-order chi connectivity index (χ1) is 7.18. The van der Waals surface area contributed by atoms with Crippen molar-refractivity contribution in [2.45, 2.75) is 23.8 Å². The van der Waals surface area contributed by atoms with Gasteiger partial charge < -0.3 is 5.32 Å². The highest BCUT2D eigenvalue weighted by atomic mass is 32.2. The quantitative estimate of drug-likeness (QED) is 0.841. The molecule has 1 aromatic carbocycles. The van der Waals surface area contributed by atoms with Crippen molar-refractivity contribution < 1.29 is 8.42 Å². The predicted octanol–water partition coefficient (Wildman–Crippen LogP) is 1.21. The van der Waals surface area contributed by atoms with Gasteiger partial charge >= 0.3 is 0 Å². The van der Waals surface area contributed by atoms with Crippen LogP contribution in [-0.2, 0) is 9.84 Å². The summed E-state index contributed by atoms with van der Waals surface area (Å²) in [5.74, 6) is 0.219. The molecular weight excluding hydrogens is 210 g/mol. The summed E-state index contributed by atoms with van der Waals surface area (Å²) in [5.41, 5.74) is 0. The molecule has 0 unspecified atom stereocenters. The molecule has 3 nitrogen and oxygen atoms in total. The maximum absolute atomic E-state index is 11.9. The minimum Gasteiger partial charge on any atom is -0.313 e. The predicted molar refractivity (Wildman–Crippen MR) is 59.5 cm³/mol. The van der Waals surface area contributed by atoms with E-state index in [1.54, 1.807) is 24.3 Å². The Morgan fingerprint density at radius 1 is 1.27 bits per heavy atom. The van der Waals surface area contributed by atoms with E-state index in [1.807, 2.05) is 6.07 Å². The number of hydrogen-bond acceptors (Lipinski definition) is 3. The van der Waals surface area contributed by atoms with Crippen LogP contribution in [0.1, 0.15) is 12.8 Å². The van der Waals surface area contributed by atoms with E-state index >= 15 is 0 Å². The molecule has 1 aliphatic heterocycles. The van der Waals surface area contributed by atoms with Gasteiger partial charge in [0.05, 0.1) is 10.6 Å². The first kappa shape index (κ1) is 10.6. The van der Waals surface area contributed by atoms with Crippen molar-refractivity contribution >= 4 is 9.84 Å². The second-order valence-electron chi connectivity index (χ2n) is 3.89. The van der Waals surface area contributed by atoms with Crippen molar-refractivity contribution in [1.82, 2.24) is 5.32 Å². The third kappa shape index (κ3) is 2.58. The third-order valence-corrected chi connectivity index (χ3v) is 4.52. The van der Waals surface area contributed by atoms with Crippen molar-refractivity contribution in [3.8, 4) is 0 Å². The molecule has 2 rings (SSSR count). The Balaban J connectivity index is 2.13. The van der Waals surface area contributed by atoms with Crippen LogP contribution in [0.2, 0.25) is 0 Å². The fraction of sp³-hybridized carbons (Fsp3) is 0.455. The molecule has 0 aliphatic carbocycles. The largest absolute Gasteiger partial charge is 0.313 e. The average molecular weight is 225 g/mol. The monoisotopic (exact) mass is 225 g/mol. The molecule has 15 heavy (non-hydrogen) atoms. The van der Waals surface area contributed by atoms with Crippen molar-refractivity contribution in [3.63, 3.8) is 0 Å². The van der Waals surface area contributed by atoms with Gasteiger partial charge in [0, 0.05) is 6.04 Å². The van der Waals surface area contributed by atoms with Gasteiger partial charge in [-0.25, -0.2) is 8.42 Å². The van der Waals surface area contributed by atoms with Crippen LogP contribution >= 0.6 is 0 Å². The van der Waals surface area contributed by atoms with E-state index in [1.165, 1.54) is 0 Å². The topological polar surface area (TPSA) is 46.2 Å². The van der Waals surface area contributed by atoms with E-state index < -0.39 is 9.84 Å². The first-order valence-electron chi connectivity index (χ1n) is 5.20. The highest BCUT2D eigenvalue weighted by Crippen LogP contribution is 2.15. The number of nitrogens with one attached hydrogen (secondary N) is 1. The molecule has 1 aromatic rings. The molecule has 0 amide bonds. The lowest BCUT2D eigenvalue weighted by molar-refractivity contribution is 0.577. The summed E-state index contributed by atoms with van der Waals surface area (Å²) in [5, 5.41) is 3.20. The van der Waals surface area contributed by atoms with Gasteiger partial charge in [0.25, 0.3) is 0 Å². The smallest absolute Gasteiger partial charge is 0.179 e. The van der Waals surface area contributed by atoms with E-state index in [0.717, 1.165) is 19.4 Å². The molecule has 0 radical (unpaired) electrons. The molecule has 1 aliphatic rings. The van der Waals surface area contributed by atoms with Crippen LogP contribution in [0.4, 0.5) is 0 Å². The molecular formula is C11H15NO2S. The lowest BCUT2D eigenvalue weighted by Crippen LogP contribution is -2.29. The summed E-state index contributed by atoms with van der Waals surface area (Å²) in [6, 6.07) is 8.79. The number of sulfone groups is 1. The molecule has 1 N–H and O–H groups in total. The molecule has 1 saturated heterocycles. The van der Waals surface area contributed by atoms with Gasteiger partial charge in [-0.15, -0.1) is 0 Å². The van der Waals surface area contributed by atoms with E-state index in [4.69, 9.17) is 0 Å². The second-order valence-corrected chi connectivity index (χ2v) is 5.92. The van der Waals surface area contributed by atoms with Crippen LogP contribution in [0.3, 0.4) is 0 Å². The standard InChI is InChI=1S/C11H15NO2S/c13-15(14,9-10-5-4-8-12-10)11-6-2-1-3-7-11/h1-3,6-7,10,12H,4-5,8-9H2/t10-/m0/s1. The lowest BCUT2D eigenvalue weighted by Gasteiger charge is -2.10. The SMILES string of the molecule is O=S(=O)(C[C@@H]1CCCN1)c1ccccc1. The Kier molecular flexibility index (Phi) is 3.07. The number of benzene rings is 1. The molecule has 0 bridgehead atoms. The van der Waals surface area contributed by atoms with Gasteiger partial charge in [-0.1, -0.05) is 18.2 Å². The second kappa shape index (κ2) is 4.33. The zero-order chi connectivity index (χ0) is 10.7. The summed E-state index contributed by atoms with van der Waals surface area (Å²) in [4.78, 5) is 0.429. The maximum Gasteiger partial charge on any atom is 0.179 e. The fourth-order valence-corrected chi connectivity index (χ4v) is 3.47. The summed E-state index contributed by atoms with van der Waals surface area (Å²) in [7, 11) is -3.11. The van der Waals surface area contributed by atoms with Crippen molar-refractivity contribution in [1.29, 1.82) is 0 Å². The van der Waals surface area contributed by atoms with Crippen molar-refractivity contribution in [3.05, 3.63) is 30.3 Å². The molecule has 0 saturated carbocycles. The van der Waals surface area contributed by atoms with Crippen LogP contribution in [0, 0.1) is 0 Å². The highest BCUT2D eigenvalue weighted by Gasteiger charge is 2.23. The van der Waals surface area contributed by atoms with E-state index in [-0.39, 0.29) is 11.8 Å². The van der Waals surface area contributed by atoms with Crippen LogP contribution in [0.15, 0.2) is 35.2 Å². The molecule has 1 heterocycles. The van der Waals surface area contributed by atoms with Crippen molar-refractivity contribution in [2.75, 3.05) is 12.3 Å². The molecule has 4 heteroatoms. The van der Waals surface area contributed by atoms with E-state index in [0.29, 0.717) is 4.90 Å². The Morgan fingerprint density at radius 3 is 2.60 bits per heavy atom. The number of hydrogen-bond donors (Lipinski definition) is 1. The minimum atomic E-state index is -3.11. The van der Waals surface area contributed by atoms with Crippen LogP contribution < -0.4 is 5.32 Å². The zero-order valence-electron chi connectivity index (χ0n) is 8.52. The van der Waals surface area contributed by atoms with E-state index in [2.05, 4.69) is 5.32 Å². The average Bonchev–Trinajstić information content (AvgIpc) is 2.71. The molecule has 1 fully saturated rings. The van der Waals surface area contributed by atoms with Crippen LogP contribution in [-0.4, -0.2) is 26.8 Å². The summed E-state index contributed by atoms with van der Waals surface area (Å²) in [6.07, 6.45) is 2.04. The van der Waals surface area contributed by atoms with Crippen LogP contribution in [0.5, 0.6) is 0 Å². The summed E-state index contributed by atoms with van der Waals surface area (Å²) >= 11 is 0. The Bertz CT molecular complexity index is 407. The van der Waals surface area contributed by atoms with Gasteiger partial charge in [-0.3, -0.25) is 0 Å². The third-order valence-electron chi connectivity index (χ3n) is 2.69. The van der Waals surface area contributed by atoms with Gasteiger partial charge in [0.2, 0.25) is 0 Å². The summed E-state index contributed by atoms with van der Waals surface area (Å²) < 4.78 is 23.9. The Labute approximate surface area is 90.4 Å². The normalized spacial score (nSPS) is 21.7. The van der Waals surface area contributed by atoms with Crippen LogP contribution in [0.25, 0.3) is 0 Å². The molecule has 1 atom stereocenters. The highest BCUT2D eigenvalue weighted by molar-refractivity contribution is 7.91.